The third-order valence-corrected chi connectivity index (χ3v) is 21.8. The van der Waals surface area contributed by atoms with Crippen molar-refractivity contribution in [2.24, 2.45) is 75.6 Å². The van der Waals surface area contributed by atoms with Gasteiger partial charge in [0, 0.05) is 29.9 Å². The van der Waals surface area contributed by atoms with Gasteiger partial charge in [0.15, 0.2) is 0 Å². The molecule has 37 nitrogen and oxygen atoms in total. The minimum atomic E-state index is -1.39. The summed E-state index contributed by atoms with van der Waals surface area (Å²) in [7, 11) is 0. The number of hydrogen-bond acceptors (Lipinski definition) is 21. The Hall–Kier alpha value is -10.2. The zero-order chi connectivity index (χ0) is 94.3. The first-order valence-corrected chi connectivity index (χ1v) is 45.1. The van der Waals surface area contributed by atoms with Gasteiger partial charge in [-0.2, -0.15) is 0 Å². The highest BCUT2D eigenvalue weighted by atomic mass is 16.2. The monoisotopic (exact) mass is 1770 g/mol. The summed E-state index contributed by atoms with van der Waals surface area (Å²) < 4.78 is 0. The average molecular weight is 1770 g/mol. The van der Waals surface area contributed by atoms with Gasteiger partial charge >= 0.3 is 0 Å². The predicted molar refractivity (Wildman–Crippen MR) is 485 cm³/mol. The number of aromatic amines is 1. The molecule has 0 bridgehead atoms. The normalized spacial score (nSPS) is 15.1. The molecule has 3 rings (SSSR count). The predicted octanol–water partition coefficient (Wildman–Crippen LogP) is 0.346. The van der Waals surface area contributed by atoms with Crippen molar-refractivity contribution in [3.8, 4) is 0 Å². The molecule has 15 unspecified atom stereocenters. The van der Waals surface area contributed by atoms with Crippen LogP contribution >= 0.6 is 0 Å². The Morgan fingerprint density at radius 1 is 0.341 bits per heavy atom. The van der Waals surface area contributed by atoms with Crippen molar-refractivity contribution in [3.63, 3.8) is 0 Å². The fourth-order valence-corrected chi connectivity index (χ4v) is 14.2. The third-order valence-electron chi connectivity index (χ3n) is 21.8. The van der Waals surface area contributed by atoms with Crippen LogP contribution in [-0.2, 0) is 84.8 Å². The molecule has 0 saturated heterocycles. The molecular formula is C89H152N22O15. The van der Waals surface area contributed by atoms with Crippen LogP contribution in [0.2, 0.25) is 0 Å². The highest BCUT2D eigenvalue weighted by Crippen LogP contribution is 2.22. The second-order valence-electron chi connectivity index (χ2n) is 35.0. The highest BCUT2D eigenvalue weighted by molar-refractivity contribution is 6.01. The number of carbonyl (C=O) groups excluding carboxylic acids is 15. The van der Waals surface area contributed by atoms with Crippen molar-refractivity contribution in [1.29, 1.82) is 0 Å². The molecule has 0 fully saturated rings. The van der Waals surface area contributed by atoms with Gasteiger partial charge < -0.3 is 120 Å². The molecule has 37 heteroatoms. The summed E-state index contributed by atoms with van der Waals surface area (Å²) in [5.74, 6) is -13.2. The number of amides is 15. The first kappa shape index (κ1) is 110. The molecule has 126 heavy (non-hydrogen) atoms. The molecule has 3 aromatic rings. The molecule has 2 aromatic carbocycles. The van der Waals surface area contributed by atoms with Crippen molar-refractivity contribution < 1.29 is 71.9 Å². The zero-order valence-corrected chi connectivity index (χ0v) is 76.6. The van der Waals surface area contributed by atoms with E-state index in [2.05, 4.69) is 79.4 Å². The number of benzene rings is 2. The van der Waals surface area contributed by atoms with E-state index in [1.807, 2.05) is 65.8 Å². The van der Waals surface area contributed by atoms with Gasteiger partial charge in [0.1, 0.15) is 78.5 Å². The molecule has 0 spiro atoms. The number of aromatic nitrogens is 1. The number of nitrogens with two attached hydrogens (primary N) is 7. The van der Waals surface area contributed by atoms with Crippen LogP contribution in [0.4, 0.5) is 0 Å². The zero-order valence-electron chi connectivity index (χ0n) is 76.6. The lowest BCUT2D eigenvalue weighted by Crippen LogP contribution is -2.61. The molecule has 1 heterocycles. The summed E-state index contributed by atoms with van der Waals surface area (Å²) in [5, 5.41) is 39.3. The molecule has 0 aliphatic rings. The smallest absolute Gasteiger partial charge is 0.243 e. The minimum Gasteiger partial charge on any atom is -0.368 e. The fraction of sp³-hybridized carbons (Fsp3) is 0.674. The average Bonchev–Trinajstić information content (AvgIpc) is 1.76. The van der Waals surface area contributed by atoms with Crippen LogP contribution in [0.25, 0.3) is 10.9 Å². The van der Waals surface area contributed by atoms with Crippen molar-refractivity contribution in [3.05, 3.63) is 71.9 Å². The minimum absolute atomic E-state index is 0.00507. The summed E-state index contributed by atoms with van der Waals surface area (Å²) in [6.07, 6.45) is 7.42. The molecule has 1 aromatic heterocycles. The highest BCUT2D eigenvalue weighted by Gasteiger charge is 2.39. The van der Waals surface area contributed by atoms with Gasteiger partial charge in [-0.15, -0.1) is 0 Å². The van der Waals surface area contributed by atoms with E-state index in [4.69, 9.17) is 40.1 Å². The van der Waals surface area contributed by atoms with Crippen LogP contribution in [0.3, 0.4) is 0 Å². The van der Waals surface area contributed by atoms with Crippen LogP contribution in [0.5, 0.6) is 0 Å². The van der Waals surface area contributed by atoms with E-state index in [1.54, 1.807) is 78.1 Å². The van der Waals surface area contributed by atoms with E-state index in [0.717, 1.165) is 10.9 Å². The summed E-state index contributed by atoms with van der Waals surface area (Å²) in [5.41, 5.74) is 43.3. The summed E-state index contributed by atoms with van der Waals surface area (Å²) in [6.45, 7) is 23.3. The van der Waals surface area contributed by atoms with E-state index in [1.165, 1.54) is 6.92 Å². The van der Waals surface area contributed by atoms with Crippen LogP contribution < -0.4 is 115 Å². The maximum absolute atomic E-state index is 15.0. The van der Waals surface area contributed by atoms with E-state index < -0.39 is 197 Å². The van der Waals surface area contributed by atoms with E-state index in [0.29, 0.717) is 101 Å². The van der Waals surface area contributed by atoms with Crippen LogP contribution in [0, 0.1) is 35.5 Å². The molecule has 15 atom stereocenters. The Kier molecular flexibility index (Phi) is 51.4. The Morgan fingerprint density at radius 3 is 1.10 bits per heavy atom. The number of primary amides is 1. The lowest BCUT2D eigenvalue weighted by Gasteiger charge is -2.29. The Bertz CT molecular complexity index is 3920. The summed E-state index contributed by atoms with van der Waals surface area (Å²) >= 11 is 0. The van der Waals surface area contributed by atoms with E-state index in [-0.39, 0.29) is 95.2 Å². The van der Waals surface area contributed by atoms with E-state index in [9.17, 15) is 67.1 Å². The Balaban J connectivity index is 1.87. The number of fused-ring (bicyclic) bond motifs is 1. The van der Waals surface area contributed by atoms with Crippen LogP contribution in [0.1, 0.15) is 223 Å². The number of unbranched alkanes of at least 4 members (excludes halogenated alkanes) is 5. The van der Waals surface area contributed by atoms with Gasteiger partial charge in [-0.1, -0.05) is 144 Å². The van der Waals surface area contributed by atoms with Gasteiger partial charge in [0.25, 0.3) is 0 Å². The molecule has 0 radical (unpaired) electrons. The molecule has 0 aliphatic heterocycles. The van der Waals surface area contributed by atoms with Gasteiger partial charge in [-0.25, -0.2) is 0 Å². The molecular weight excluding hydrogens is 1620 g/mol. The van der Waals surface area contributed by atoms with Crippen LogP contribution in [-0.4, -0.2) is 217 Å². The molecule has 708 valence electrons. The second-order valence-corrected chi connectivity index (χ2v) is 35.0. The lowest BCUT2D eigenvalue weighted by atomic mass is 9.97. The van der Waals surface area contributed by atoms with Crippen molar-refractivity contribution >= 4 is 99.5 Å². The largest absolute Gasteiger partial charge is 0.368 e. The van der Waals surface area contributed by atoms with Crippen molar-refractivity contribution in [2.75, 3.05) is 39.3 Å². The maximum atomic E-state index is 15.0. The third kappa shape index (κ3) is 40.2. The van der Waals surface area contributed by atoms with Gasteiger partial charge in [-0.3, -0.25) is 71.9 Å². The lowest BCUT2D eigenvalue weighted by molar-refractivity contribution is -0.136. The Morgan fingerprint density at radius 2 is 0.683 bits per heavy atom. The second kappa shape index (κ2) is 58.9. The first-order chi connectivity index (χ1) is 59.7. The fourth-order valence-electron chi connectivity index (χ4n) is 14.2. The number of para-hydroxylation sites is 1. The number of nitrogens with one attached hydrogen (secondary N) is 15. The molecule has 15 amide bonds. The van der Waals surface area contributed by atoms with Gasteiger partial charge in [0.05, 0.1) is 12.6 Å². The Labute approximate surface area is 743 Å². The van der Waals surface area contributed by atoms with Crippen molar-refractivity contribution in [2.45, 2.75) is 309 Å². The number of carbonyl (C=O) groups is 15. The SMILES string of the molecule is CCC(C)C(NC(=O)C(CCCCN)NC(=O)C(CCCCN)NC(=O)C(Cc1ccccc1)NC(=O)C(CC(C)C)NC(=O)C(CCCCN)NC(=O)C(Cc1c[nH]c2ccccc12)NC(=O)C(N)CCCCN)C(=O)NCC(=O)NC(C)C(=O)NC(C(=O)NC(CC(C)C)C(=O)NC(CCCCN)C(=O)NC(C(=O)NC(CC(C)C)C(N)=O)C(C)C)C(C)C. The molecule has 29 N–H and O–H groups in total. The summed E-state index contributed by atoms with van der Waals surface area (Å²) in [4.78, 5) is 216. The number of hydrogen-bond donors (Lipinski definition) is 22. The summed E-state index contributed by atoms with van der Waals surface area (Å²) in [6, 6.07) is -1.01. The molecule has 0 saturated carbocycles. The quantitative estimate of drug-likeness (QED) is 0.0339. The number of H-pyrrole nitrogens is 1. The molecule has 0 aliphatic carbocycles. The standard InChI is InChI=1S/C89H152N22O15/c1-14-56(12)75(87(124)98-50-72(112)99-57(13)77(114)109-73(54(8)9)89(126)108-69(46-53(6)7)83(120)103-65(37-23-28-42-93)81(118)110-74(55(10)11)88(125)104-67(76(96)113)44-51(2)3)111-82(119)66(38-24-29-43-94)100-79(116)63(35-21-26-40-91)101-85(122)70(47-58-30-16-15-17-31-58)107-84(121)68(45-52(4)5)106-80(117)64(36-22-27-41-92)102-86(123)71(105-78(115)61(95)33-20-25-39-90)48-59-49-97-62-34-19-18-32-60(59)62/h15-19,30-32,34,49,51-57,61,63-71,73-75,97H,14,20-29,33,35-48,50,90-95H2,1-13H3,(H2,96,113)(H,98,124)(H,99,112)(H,100,116)(H,101,122)(H,102,123)(H,103,120)(H,104,125)(H,105,115)(H,106,117)(H,107,121)(H,108,126)(H,109,114)(H,110,118)(H,111,119). The van der Waals surface area contributed by atoms with Gasteiger partial charge in [0.2, 0.25) is 88.6 Å². The van der Waals surface area contributed by atoms with Gasteiger partial charge in [-0.05, 0) is 202 Å². The number of rotatable bonds is 63. The maximum Gasteiger partial charge on any atom is 0.243 e. The first-order valence-electron chi connectivity index (χ1n) is 45.1. The van der Waals surface area contributed by atoms with E-state index >= 15 is 4.79 Å². The topological polar surface area (TPSA) is 622 Å². The van der Waals surface area contributed by atoms with Crippen molar-refractivity contribution in [1.82, 2.24) is 79.4 Å². The van der Waals surface area contributed by atoms with Crippen LogP contribution in [0.15, 0.2) is 60.8 Å².